The molecule has 0 aromatic carbocycles. The summed E-state index contributed by atoms with van der Waals surface area (Å²) in [6, 6.07) is -3.09. The van der Waals surface area contributed by atoms with Gasteiger partial charge in [0.05, 0.1) is 39.1 Å². The zero-order valence-corrected chi connectivity index (χ0v) is 53.0. The third kappa shape index (κ3) is 14.6. The summed E-state index contributed by atoms with van der Waals surface area (Å²) < 4.78 is 68.9. The first kappa shape index (κ1) is 72.0. The highest BCUT2D eigenvalue weighted by molar-refractivity contribution is 5.90. The van der Waals surface area contributed by atoms with Crippen molar-refractivity contribution in [3.05, 3.63) is 34.8 Å². The van der Waals surface area contributed by atoms with Crippen LogP contribution < -0.4 is 10.6 Å². The van der Waals surface area contributed by atoms with E-state index >= 15 is 0 Å². The molecule has 7 heterocycles. The summed E-state index contributed by atoms with van der Waals surface area (Å²) in [7, 11) is 0. The van der Waals surface area contributed by atoms with Gasteiger partial charge in [0, 0.05) is 32.1 Å². The first-order valence-corrected chi connectivity index (χ1v) is 31.8. The molecule has 9 aliphatic rings. The molecular weight excluding hydrogens is 1200 g/mol. The Morgan fingerprint density at radius 3 is 1.75 bits per heavy atom. The van der Waals surface area contributed by atoms with E-state index in [1.54, 1.807) is 6.08 Å². The number of allylic oxidation sites excluding steroid dienone is 6. The minimum atomic E-state index is -2.00. The molecule has 6 saturated heterocycles. The highest BCUT2D eigenvalue weighted by Gasteiger charge is 2.60. The number of rotatable bonds is 20. The molecule has 0 spiro atoms. The lowest BCUT2D eigenvalue weighted by molar-refractivity contribution is -0.379. The number of nitrogens with one attached hydrogen (secondary N) is 2. The Kier molecular flexibility index (Phi) is 23.1. The van der Waals surface area contributed by atoms with E-state index in [0.717, 1.165) is 50.2 Å². The number of aliphatic hydroxyl groups excluding tert-OH is 13. The molecule has 2 amide bonds. The number of ketones is 1. The lowest BCUT2D eigenvalue weighted by Gasteiger charge is -2.55. The molecule has 29 heteroatoms. The summed E-state index contributed by atoms with van der Waals surface area (Å²) in [6.45, 7) is 13.2. The molecule has 0 radical (unpaired) electrons. The van der Waals surface area contributed by atoms with Gasteiger partial charge < -0.3 is 129 Å². The summed E-state index contributed by atoms with van der Waals surface area (Å²) in [5.74, 6) is 0.921. The van der Waals surface area contributed by atoms with Gasteiger partial charge in [-0.15, -0.1) is 0 Å². The Labute approximate surface area is 528 Å². The van der Waals surface area contributed by atoms with Crippen LogP contribution in [0.5, 0.6) is 0 Å². The topological polar surface area (TPSA) is 440 Å². The molecule has 2 aliphatic carbocycles. The van der Waals surface area contributed by atoms with Crippen molar-refractivity contribution < 1.29 is 133 Å². The van der Waals surface area contributed by atoms with Crippen LogP contribution in [0.25, 0.3) is 0 Å². The van der Waals surface area contributed by atoms with Crippen LogP contribution in [0.3, 0.4) is 0 Å². The summed E-state index contributed by atoms with van der Waals surface area (Å²) in [6.07, 6.45) is -30.0. The van der Waals surface area contributed by atoms with Crippen LogP contribution in [0, 0.1) is 34.0 Å². The number of aliphatic hydroxyl groups is 13. The van der Waals surface area contributed by atoms with Crippen LogP contribution in [-0.2, 0) is 66.5 Å². The van der Waals surface area contributed by atoms with Gasteiger partial charge in [0.2, 0.25) is 11.8 Å². The maximum absolute atomic E-state index is 13.1. The van der Waals surface area contributed by atoms with Gasteiger partial charge in [0.25, 0.3) is 0 Å². The molecule has 91 heavy (non-hydrogen) atoms. The van der Waals surface area contributed by atoms with Crippen molar-refractivity contribution in [2.75, 3.05) is 33.0 Å². The first-order chi connectivity index (χ1) is 42.9. The molecule has 0 aromatic rings. The van der Waals surface area contributed by atoms with E-state index in [1.165, 1.54) is 5.57 Å². The molecule has 2 saturated carbocycles. The smallest absolute Gasteiger partial charge is 0.217 e. The van der Waals surface area contributed by atoms with Crippen LogP contribution >= 0.6 is 0 Å². The number of carbonyl (C=O) groups is 3. The zero-order chi connectivity index (χ0) is 66.5. The molecule has 0 aromatic heterocycles. The van der Waals surface area contributed by atoms with Gasteiger partial charge in [-0.25, -0.2) is 0 Å². The van der Waals surface area contributed by atoms with Gasteiger partial charge >= 0.3 is 0 Å². The fourth-order valence-electron chi connectivity index (χ4n) is 15.9. The fourth-order valence-corrected chi connectivity index (χ4v) is 15.9. The van der Waals surface area contributed by atoms with Crippen LogP contribution in [0.4, 0.5) is 0 Å². The quantitative estimate of drug-likeness (QED) is 0.0546. The number of fused-ring (bicyclic) bond motifs is 5. The van der Waals surface area contributed by atoms with Gasteiger partial charge in [-0.2, -0.15) is 0 Å². The summed E-state index contributed by atoms with van der Waals surface area (Å²) in [4.78, 5) is 38.5. The monoisotopic (exact) mass is 1300 g/mol. The first-order valence-electron chi connectivity index (χ1n) is 31.8. The molecule has 15 N–H and O–H groups in total. The molecule has 9 rings (SSSR count). The largest absolute Gasteiger partial charge is 0.466 e. The minimum absolute atomic E-state index is 0.0692. The maximum atomic E-state index is 13.1. The van der Waals surface area contributed by atoms with E-state index < -0.39 is 209 Å². The van der Waals surface area contributed by atoms with Gasteiger partial charge in [0.15, 0.2) is 37.2 Å². The van der Waals surface area contributed by atoms with E-state index in [2.05, 4.69) is 51.3 Å². The van der Waals surface area contributed by atoms with Crippen LogP contribution in [0.15, 0.2) is 34.8 Å². The Bertz CT molecular complexity index is 2620. The molecule has 7 aliphatic heterocycles. The summed E-state index contributed by atoms with van der Waals surface area (Å²) in [5.41, 5.74) is 0.881. The van der Waals surface area contributed by atoms with Crippen molar-refractivity contribution in [2.24, 2.45) is 34.0 Å². The molecule has 30 atom stereocenters. The van der Waals surface area contributed by atoms with Gasteiger partial charge in [-0.3, -0.25) is 14.4 Å². The Morgan fingerprint density at radius 1 is 0.604 bits per heavy atom. The number of hydrogen-bond donors (Lipinski definition) is 15. The molecule has 8 fully saturated rings. The maximum Gasteiger partial charge on any atom is 0.217 e. The van der Waals surface area contributed by atoms with Crippen LogP contribution in [0.1, 0.15) is 114 Å². The van der Waals surface area contributed by atoms with Crippen molar-refractivity contribution in [1.82, 2.24) is 10.6 Å². The van der Waals surface area contributed by atoms with Crippen molar-refractivity contribution >= 4 is 17.6 Å². The average Bonchev–Trinajstić information content (AvgIpc) is 1.67. The Hall–Kier alpha value is -3.29. The Morgan fingerprint density at radius 2 is 1.14 bits per heavy atom. The second-order valence-electron chi connectivity index (χ2n) is 27.7. The predicted octanol–water partition coefficient (Wildman–Crippen LogP) is -2.83. The second kappa shape index (κ2) is 29.2. The van der Waals surface area contributed by atoms with Crippen molar-refractivity contribution in [2.45, 2.75) is 267 Å². The molecule has 0 unspecified atom stereocenters. The second-order valence-corrected chi connectivity index (χ2v) is 27.7. The van der Waals surface area contributed by atoms with E-state index in [-0.39, 0.29) is 29.0 Å². The third-order valence-corrected chi connectivity index (χ3v) is 20.8. The van der Waals surface area contributed by atoms with E-state index in [1.807, 2.05) is 13.8 Å². The highest BCUT2D eigenvalue weighted by Crippen LogP contribution is 2.64. The van der Waals surface area contributed by atoms with Crippen molar-refractivity contribution in [3.8, 4) is 0 Å². The lowest BCUT2D eigenvalue weighted by Crippen LogP contribution is -2.68. The van der Waals surface area contributed by atoms with Gasteiger partial charge in [0.1, 0.15) is 127 Å². The number of hydrogen-bond acceptors (Lipinski definition) is 27. The number of ether oxygens (including phenoxy) is 11. The van der Waals surface area contributed by atoms with Crippen molar-refractivity contribution in [3.63, 3.8) is 0 Å². The Balaban J connectivity index is 0.994. The summed E-state index contributed by atoms with van der Waals surface area (Å²) in [5, 5.41) is 147. The molecular formula is C62H98N2O27. The SMILES string of the molecule is CC(=O)N[C@H]1[C@H](O[C@H]2CO[C@@H](O[C@H]3CC[C@]4(C)C5=CC[C@@]6(C)C(=C(CC[C@H]4C3(C)C)O5)CC[C@@H]6[C@H](C)CC(=O)C=C(C)C)[C@H](O[C@@H]3O[C@H](CO[C@H]4O[C@H](CO)[C@H](O)[C@H](O)[C@H]4O[C@@H]4O[C@H](CO)[C@H](O)[C@H](O)[C@H]4O)[C@@H](O)[C@H](O)[C@H]3NC(C)=O)[C@H]2O)O[C@H](CO)[C@H](O)[C@@H]1O. The lowest BCUT2D eigenvalue weighted by atomic mass is 9.53. The highest BCUT2D eigenvalue weighted by atomic mass is 16.8. The number of amides is 2. The average molecular weight is 1300 g/mol. The number of carbonyl (C=O) groups excluding carboxylic acids is 3. The van der Waals surface area contributed by atoms with Crippen LogP contribution in [-0.4, -0.2) is 270 Å². The van der Waals surface area contributed by atoms with Crippen molar-refractivity contribution in [1.29, 1.82) is 0 Å². The molecule has 518 valence electrons. The predicted molar refractivity (Wildman–Crippen MR) is 310 cm³/mol. The third-order valence-electron chi connectivity index (χ3n) is 20.8. The molecule has 29 nitrogen and oxygen atoms in total. The summed E-state index contributed by atoms with van der Waals surface area (Å²) >= 11 is 0. The van der Waals surface area contributed by atoms with E-state index in [0.29, 0.717) is 32.1 Å². The van der Waals surface area contributed by atoms with Crippen LogP contribution in [0.2, 0.25) is 0 Å². The molecule has 2 bridgehead atoms. The van der Waals surface area contributed by atoms with E-state index in [9.17, 15) is 80.8 Å². The fraction of sp³-hybridized carbons (Fsp3) is 0.855. The van der Waals surface area contributed by atoms with E-state index in [4.69, 9.17) is 52.1 Å². The minimum Gasteiger partial charge on any atom is -0.466 e. The standard InChI is InChI=1S/C62H98N2O27/c1-25(2)18-29(70)19-26(3)30-10-11-31-32-12-13-38-60(6,7)39(14-17-62(38,9)40(83-32)15-16-61(30,31)8)89-59-53(47(75)37(24-82-59)88-55-41(63-27(4)68)48(76)43(71)33(20-65)84-55)90-56-42(64-28(5)69)49(77)46(74)36(87-56)23-81-58-54(51(79)45(73)35(22-67)86-58)91-57-52(80)50(78)44(72)34(21-66)85-57/h15,18,26,30,33-39,41-59,65-67,71-80H,10-14,16-17,19-24H2,1-9H3,(H,63,68)(H,64,69)/t26-,30-,33-,34-,35-,36-,37+,38+,39+,41-,42-,43+,44+,45+,46-,47+,48-,49-,50+,51+,52-,53-,54-,55+,56+,57+,58+,59+,61-,62+/m1/s1. The zero-order valence-electron chi connectivity index (χ0n) is 53.0. The normalized spacial score (nSPS) is 46.0. The van der Waals surface area contributed by atoms with Gasteiger partial charge in [-0.1, -0.05) is 40.2 Å². The van der Waals surface area contributed by atoms with Gasteiger partial charge in [-0.05, 0) is 98.7 Å².